The molecule has 1 N–H and O–H groups in total. The van der Waals surface area contributed by atoms with Crippen LogP contribution in [-0.4, -0.2) is 6.04 Å². The molecule has 4 saturated carbocycles. The Bertz CT molecular complexity index is 505. The topological polar surface area (TPSA) is 12.0 Å². The van der Waals surface area contributed by atoms with Crippen LogP contribution in [0.25, 0.3) is 0 Å². The largest absolute Gasteiger partial charge is 0.306 e. The second-order valence-electron chi connectivity index (χ2n) is 7.55. The summed E-state index contributed by atoms with van der Waals surface area (Å²) in [4.78, 5) is 0. The summed E-state index contributed by atoms with van der Waals surface area (Å²) in [5.41, 5.74) is 1.45. The van der Waals surface area contributed by atoms with Crippen molar-refractivity contribution >= 4 is 11.6 Å². The molecule has 2 bridgehead atoms. The summed E-state index contributed by atoms with van der Waals surface area (Å²) in [6.07, 6.45) is 7.37. The zero-order chi connectivity index (χ0) is 13.3. The molecule has 0 amide bonds. The zero-order valence-electron chi connectivity index (χ0n) is 11.8. The van der Waals surface area contributed by atoms with E-state index in [-0.39, 0.29) is 0 Å². The second-order valence-corrected chi connectivity index (χ2v) is 7.98. The van der Waals surface area contributed by atoms with Gasteiger partial charge in [-0.05, 0) is 79.4 Å². The van der Waals surface area contributed by atoms with Crippen LogP contribution < -0.4 is 5.32 Å². The van der Waals surface area contributed by atoms with Gasteiger partial charge in [0, 0.05) is 17.1 Å². The molecule has 5 rings (SSSR count). The summed E-state index contributed by atoms with van der Waals surface area (Å²) in [7, 11) is 0. The van der Waals surface area contributed by atoms with E-state index >= 15 is 0 Å². The molecule has 4 aliphatic carbocycles. The number of nitrogens with one attached hydrogen (secondary N) is 1. The van der Waals surface area contributed by atoms with Gasteiger partial charge in [0.15, 0.2) is 0 Å². The van der Waals surface area contributed by atoms with Crippen molar-refractivity contribution in [1.29, 1.82) is 0 Å². The fourth-order valence-electron chi connectivity index (χ4n) is 5.36. The summed E-state index contributed by atoms with van der Waals surface area (Å²) >= 11 is 6.03. The highest BCUT2D eigenvalue weighted by molar-refractivity contribution is 6.30. The fraction of sp³-hybridized carbons (Fsp3) is 0.667. The Morgan fingerprint density at radius 1 is 0.950 bits per heavy atom. The van der Waals surface area contributed by atoms with Crippen LogP contribution in [0.5, 0.6) is 0 Å². The maximum Gasteiger partial charge on any atom is 0.0406 e. The van der Waals surface area contributed by atoms with Crippen LogP contribution in [0.3, 0.4) is 0 Å². The van der Waals surface area contributed by atoms with Crippen LogP contribution in [0.2, 0.25) is 5.02 Å². The zero-order valence-corrected chi connectivity index (χ0v) is 12.5. The molecule has 2 heteroatoms. The van der Waals surface area contributed by atoms with Gasteiger partial charge >= 0.3 is 0 Å². The van der Waals surface area contributed by atoms with Gasteiger partial charge in [-0.15, -0.1) is 0 Å². The summed E-state index contributed by atoms with van der Waals surface area (Å²) < 4.78 is 0. The van der Waals surface area contributed by atoms with Crippen molar-refractivity contribution < 1.29 is 0 Å². The lowest BCUT2D eigenvalue weighted by molar-refractivity contribution is 0.399. The van der Waals surface area contributed by atoms with Crippen molar-refractivity contribution in [3.63, 3.8) is 0 Å². The minimum Gasteiger partial charge on any atom is -0.306 e. The Morgan fingerprint density at radius 3 is 2.20 bits per heavy atom. The molecule has 1 aromatic carbocycles. The molecule has 1 nitrogen and oxygen atoms in total. The lowest BCUT2D eigenvalue weighted by atomic mass is 10.0. The van der Waals surface area contributed by atoms with E-state index in [0.29, 0.717) is 6.04 Å². The lowest BCUT2D eigenvalue weighted by Gasteiger charge is -2.21. The number of hydrogen-bond acceptors (Lipinski definition) is 1. The summed E-state index contributed by atoms with van der Waals surface area (Å²) in [5.74, 6) is 5.06. The number of fused-ring (bicyclic) bond motifs is 5. The minimum absolute atomic E-state index is 0.585. The number of halogens is 1. The first kappa shape index (κ1) is 12.1. The molecular formula is C18H22ClN. The molecule has 4 aliphatic rings. The fourth-order valence-corrected chi connectivity index (χ4v) is 5.49. The van der Waals surface area contributed by atoms with Gasteiger partial charge in [-0.3, -0.25) is 0 Å². The van der Waals surface area contributed by atoms with Gasteiger partial charge in [-0.2, -0.15) is 0 Å². The summed E-state index contributed by atoms with van der Waals surface area (Å²) in [5, 5.41) is 4.90. The van der Waals surface area contributed by atoms with Gasteiger partial charge < -0.3 is 5.32 Å². The smallest absolute Gasteiger partial charge is 0.0406 e. The molecule has 4 fully saturated rings. The number of benzene rings is 1. The van der Waals surface area contributed by atoms with Crippen LogP contribution in [0.4, 0.5) is 0 Å². The molecule has 0 saturated heterocycles. The Balaban J connectivity index is 1.35. The minimum atomic E-state index is 0.585. The van der Waals surface area contributed by atoms with E-state index in [2.05, 4.69) is 17.4 Å². The van der Waals surface area contributed by atoms with Crippen LogP contribution >= 0.6 is 11.6 Å². The highest BCUT2D eigenvalue weighted by Gasteiger charge is 2.65. The van der Waals surface area contributed by atoms with Crippen molar-refractivity contribution in [1.82, 2.24) is 5.32 Å². The summed E-state index contributed by atoms with van der Waals surface area (Å²) in [6.45, 7) is 0. The molecule has 0 heterocycles. The average Bonchev–Trinajstić information content (AvgIpc) is 3.35. The van der Waals surface area contributed by atoms with Gasteiger partial charge in [-0.25, -0.2) is 0 Å². The van der Waals surface area contributed by atoms with E-state index < -0.39 is 0 Å². The Kier molecular flexibility index (Phi) is 2.56. The van der Waals surface area contributed by atoms with E-state index in [4.69, 9.17) is 11.6 Å². The molecule has 106 valence electrons. The molecule has 5 unspecified atom stereocenters. The van der Waals surface area contributed by atoms with Gasteiger partial charge in [0.25, 0.3) is 0 Å². The summed E-state index contributed by atoms with van der Waals surface area (Å²) in [6, 6.07) is 9.97. The predicted molar refractivity (Wildman–Crippen MR) is 81.7 cm³/mol. The second kappa shape index (κ2) is 4.24. The third-order valence-corrected chi connectivity index (χ3v) is 6.68. The normalized spacial score (nSPS) is 42.5. The molecule has 1 aromatic rings. The van der Waals surface area contributed by atoms with E-state index in [0.717, 1.165) is 40.7 Å². The Morgan fingerprint density at radius 2 is 1.60 bits per heavy atom. The first-order chi connectivity index (χ1) is 9.81. The highest BCUT2D eigenvalue weighted by Crippen LogP contribution is 2.66. The van der Waals surface area contributed by atoms with Crippen LogP contribution in [0.15, 0.2) is 24.3 Å². The van der Waals surface area contributed by atoms with Gasteiger partial charge in [0.05, 0.1) is 0 Å². The van der Waals surface area contributed by atoms with Crippen molar-refractivity contribution in [3.05, 3.63) is 34.9 Å². The molecule has 5 atom stereocenters. The highest BCUT2D eigenvalue weighted by atomic mass is 35.5. The van der Waals surface area contributed by atoms with Gasteiger partial charge in [0.1, 0.15) is 0 Å². The first-order valence-corrected chi connectivity index (χ1v) is 8.70. The quantitative estimate of drug-likeness (QED) is 0.864. The number of hydrogen-bond donors (Lipinski definition) is 1. The van der Waals surface area contributed by atoms with Crippen molar-refractivity contribution in [2.24, 2.45) is 29.6 Å². The van der Waals surface area contributed by atoms with Gasteiger partial charge in [0.2, 0.25) is 0 Å². The standard InChI is InChI=1S/C18H22ClN/c19-14-7-5-11(6-8-14)17(10-1-2-10)20-18-15-12-3-4-13(9-12)16(15)18/h5-8,10,12-13,15-18,20H,1-4,9H2. The average molecular weight is 288 g/mol. The lowest BCUT2D eigenvalue weighted by Crippen LogP contribution is -2.29. The maximum absolute atomic E-state index is 6.03. The van der Waals surface area contributed by atoms with E-state index in [1.54, 1.807) is 6.42 Å². The van der Waals surface area contributed by atoms with E-state index in [1.807, 2.05) is 12.1 Å². The van der Waals surface area contributed by atoms with Crippen molar-refractivity contribution in [2.75, 3.05) is 0 Å². The van der Waals surface area contributed by atoms with Crippen LogP contribution in [-0.2, 0) is 0 Å². The SMILES string of the molecule is Clc1ccc(C(NC2C3C4CCC(C4)C23)C2CC2)cc1. The molecule has 20 heavy (non-hydrogen) atoms. The van der Waals surface area contributed by atoms with Crippen molar-refractivity contribution in [2.45, 2.75) is 44.2 Å². The maximum atomic E-state index is 6.03. The molecular weight excluding hydrogens is 266 g/mol. The third-order valence-electron chi connectivity index (χ3n) is 6.43. The molecule has 0 spiro atoms. The molecule has 0 aromatic heterocycles. The van der Waals surface area contributed by atoms with Crippen molar-refractivity contribution in [3.8, 4) is 0 Å². The van der Waals surface area contributed by atoms with E-state index in [9.17, 15) is 0 Å². The number of rotatable bonds is 4. The monoisotopic (exact) mass is 287 g/mol. The molecule has 0 radical (unpaired) electrons. The Labute approximate surface area is 126 Å². The Hall–Kier alpha value is -0.530. The van der Waals surface area contributed by atoms with Crippen LogP contribution in [0.1, 0.15) is 43.7 Å². The van der Waals surface area contributed by atoms with Crippen LogP contribution in [0, 0.1) is 29.6 Å². The predicted octanol–water partition coefficient (Wildman–Crippen LogP) is 4.43. The third kappa shape index (κ3) is 1.79. The van der Waals surface area contributed by atoms with E-state index in [1.165, 1.54) is 31.2 Å². The first-order valence-electron chi connectivity index (χ1n) is 8.33. The molecule has 0 aliphatic heterocycles. The van der Waals surface area contributed by atoms with Gasteiger partial charge in [-0.1, -0.05) is 23.7 Å².